The van der Waals surface area contributed by atoms with Gasteiger partial charge in [0.2, 0.25) is 5.91 Å². The highest BCUT2D eigenvalue weighted by atomic mass is 16.5. The number of benzene rings is 3. The standard InChI is InChI=1S/C29H29NO4/c1-6-20-11-7-9-13-25(20)30-27(31)15-18(2)22-16-23-24(21-12-8-10-14-26(21)32-4)17-34-29(23)19(3)28(22)33-5/h7-17H,6H2,1-5H3,(H,30,31)/b18-15+. The summed E-state index contributed by atoms with van der Waals surface area (Å²) in [6, 6.07) is 17.7. The molecule has 0 bridgehead atoms. The van der Waals surface area contributed by atoms with E-state index in [0.29, 0.717) is 5.75 Å². The Labute approximate surface area is 200 Å². The minimum atomic E-state index is -0.185. The van der Waals surface area contributed by atoms with Gasteiger partial charge in [-0.3, -0.25) is 4.79 Å². The number of carbonyl (C=O) groups excluding carboxylic acids is 1. The summed E-state index contributed by atoms with van der Waals surface area (Å²) in [5.41, 5.74) is 7.03. The third kappa shape index (κ3) is 4.29. The van der Waals surface area contributed by atoms with Crippen LogP contribution in [0.2, 0.25) is 0 Å². The number of allylic oxidation sites excluding steroid dienone is 1. The van der Waals surface area contributed by atoms with Crippen LogP contribution < -0.4 is 14.8 Å². The zero-order chi connectivity index (χ0) is 24.2. The van der Waals surface area contributed by atoms with Gasteiger partial charge in [-0.1, -0.05) is 43.3 Å². The molecule has 0 spiro atoms. The van der Waals surface area contributed by atoms with E-state index in [1.54, 1.807) is 26.6 Å². The van der Waals surface area contributed by atoms with E-state index in [9.17, 15) is 4.79 Å². The van der Waals surface area contributed by atoms with Gasteiger partial charge in [0.25, 0.3) is 0 Å². The number of aryl methyl sites for hydroxylation is 2. The molecule has 174 valence electrons. The summed E-state index contributed by atoms with van der Waals surface area (Å²) >= 11 is 0. The van der Waals surface area contributed by atoms with Gasteiger partial charge >= 0.3 is 0 Å². The number of ether oxygens (including phenoxy) is 2. The molecule has 4 aromatic rings. The van der Waals surface area contributed by atoms with Gasteiger partial charge in [0, 0.05) is 39.4 Å². The van der Waals surface area contributed by atoms with E-state index in [2.05, 4.69) is 12.2 Å². The molecular weight excluding hydrogens is 426 g/mol. The number of hydrogen-bond donors (Lipinski definition) is 1. The molecule has 0 aliphatic heterocycles. The molecule has 5 nitrogen and oxygen atoms in total. The van der Waals surface area contributed by atoms with Crippen LogP contribution in [0, 0.1) is 6.92 Å². The topological polar surface area (TPSA) is 60.7 Å². The number of nitrogens with one attached hydrogen (secondary N) is 1. The molecule has 4 rings (SSSR count). The predicted octanol–water partition coefficient (Wildman–Crippen LogP) is 7.03. The van der Waals surface area contributed by atoms with Gasteiger partial charge in [-0.15, -0.1) is 0 Å². The molecule has 0 saturated carbocycles. The number of carbonyl (C=O) groups is 1. The van der Waals surface area contributed by atoms with Crippen molar-refractivity contribution in [2.75, 3.05) is 19.5 Å². The first kappa shape index (κ1) is 23.2. The Kier molecular flexibility index (Phi) is 6.73. The number of rotatable bonds is 7. The van der Waals surface area contributed by atoms with Crippen molar-refractivity contribution in [2.24, 2.45) is 0 Å². The molecule has 0 aliphatic rings. The van der Waals surface area contributed by atoms with E-state index in [4.69, 9.17) is 13.9 Å². The second-order valence-electron chi connectivity index (χ2n) is 8.14. The summed E-state index contributed by atoms with van der Waals surface area (Å²) in [6.07, 6.45) is 4.19. The van der Waals surface area contributed by atoms with Crippen molar-refractivity contribution in [3.63, 3.8) is 0 Å². The monoisotopic (exact) mass is 455 g/mol. The first-order valence-electron chi connectivity index (χ1n) is 11.3. The van der Waals surface area contributed by atoms with Crippen molar-refractivity contribution in [1.82, 2.24) is 0 Å². The Balaban J connectivity index is 1.79. The molecule has 0 saturated heterocycles. The maximum atomic E-state index is 12.9. The lowest BCUT2D eigenvalue weighted by atomic mass is 9.96. The van der Waals surface area contributed by atoms with Crippen molar-refractivity contribution in [1.29, 1.82) is 0 Å². The zero-order valence-corrected chi connectivity index (χ0v) is 20.2. The van der Waals surface area contributed by atoms with Crippen molar-refractivity contribution in [2.45, 2.75) is 27.2 Å². The maximum Gasteiger partial charge on any atom is 0.248 e. The number of methoxy groups -OCH3 is 2. The first-order valence-corrected chi connectivity index (χ1v) is 11.3. The van der Waals surface area contributed by atoms with Crippen molar-refractivity contribution in [3.05, 3.63) is 83.6 Å². The van der Waals surface area contributed by atoms with Crippen LogP contribution in [0.5, 0.6) is 11.5 Å². The zero-order valence-electron chi connectivity index (χ0n) is 20.2. The van der Waals surface area contributed by atoms with Gasteiger partial charge in [-0.05, 0) is 49.6 Å². The van der Waals surface area contributed by atoms with Gasteiger partial charge in [0.05, 0.1) is 20.5 Å². The number of hydrogen-bond acceptors (Lipinski definition) is 4. The highest BCUT2D eigenvalue weighted by Gasteiger charge is 2.20. The van der Waals surface area contributed by atoms with Gasteiger partial charge in [0.1, 0.15) is 17.1 Å². The van der Waals surface area contributed by atoms with Crippen LogP contribution in [0.15, 0.2) is 71.4 Å². The van der Waals surface area contributed by atoms with E-state index >= 15 is 0 Å². The SMILES string of the molecule is CCc1ccccc1NC(=O)/C=C(\C)c1cc2c(-c3ccccc3OC)coc2c(C)c1OC. The molecule has 1 aromatic heterocycles. The molecule has 0 aliphatic carbocycles. The fourth-order valence-electron chi connectivity index (χ4n) is 4.34. The number of furan rings is 1. The van der Waals surface area contributed by atoms with Crippen LogP contribution in [0.25, 0.3) is 27.7 Å². The number of amides is 1. The summed E-state index contributed by atoms with van der Waals surface area (Å²) in [5.74, 6) is 1.26. The fourth-order valence-corrected chi connectivity index (χ4v) is 4.34. The molecule has 3 aromatic carbocycles. The maximum absolute atomic E-state index is 12.9. The van der Waals surface area contributed by atoms with E-state index in [-0.39, 0.29) is 5.91 Å². The summed E-state index contributed by atoms with van der Waals surface area (Å²) in [4.78, 5) is 12.9. The normalized spacial score (nSPS) is 11.5. The Hall–Kier alpha value is -3.99. The van der Waals surface area contributed by atoms with Crippen LogP contribution >= 0.6 is 0 Å². The van der Waals surface area contributed by atoms with Gasteiger partial charge in [-0.25, -0.2) is 0 Å². The lowest BCUT2D eigenvalue weighted by molar-refractivity contribution is -0.111. The van der Waals surface area contributed by atoms with Crippen molar-refractivity contribution < 1.29 is 18.7 Å². The van der Waals surface area contributed by atoms with E-state index in [1.165, 1.54) is 0 Å². The van der Waals surface area contributed by atoms with Gasteiger partial charge in [-0.2, -0.15) is 0 Å². The number of anilines is 1. The molecule has 0 atom stereocenters. The van der Waals surface area contributed by atoms with Crippen LogP contribution in [-0.4, -0.2) is 20.1 Å². The van der Waals surface area contributed by atoms with Crippen molar-refractivity contribution in [3.8, 4) is 22.6 Å². The van der Waals surface area contributed by atoms with E-state index < -0.39 is 0 Å². The smallest absolute Gasteiger partial charge is 0.248 e. The largest absolute Gasteiger partial charge is 0.496 e. The lowest BCUT2D eigenvalue weighted by Crippen LogP contribution is -2.10. The lowest BCUT2D eigenvalue weighted by Gasteiger charge is -2.14. The molecule has 0 radical (unpaired) electrons. The quantitative estimate of drug-likeness (QED) is 0.304. The van der Waals surface area contributed by atoms with Crippen LogP contribution in [-0.2, 0) is 11.2 Å². The van der Waals surface area contributed by atoms with Crippen molar-refractivity contribution >= 4 is 28.1 Å². The Morgan fingerprint density at radius 3 is 2.50 bits per heavy atom. The molecule has 1 N–H and O–H groups in total. The highest BCUT2D eigenvalue weighted by Crippen LogP contribution is 2.42. The predicted molar refractivity (Wildman–Crippen MR) is 138 cm³/mol. The third-order valence-corrected chi connectivity index (χ3v) is 6.07. The molecule has 1 amide bonds. The Morgan fingerprint density at radius 2 is 1.76 bits per heavy atom. The Morgan fingerprint density at radius 1 is 1.03 bits per heavy atom. The summed E-state index contributed by atoms with van der Waals surface area (Å²) in [7, 11) is 3.29. The average molecular weight is 456 g/mol. The second kappa shape index (κ2) is 9.87. The third-order valence-electron chi connectivity index (χ3n) is 6.07. The molecule has 5 heteroatoms. The number of fused-ring (bicyclic) bond motifs is 1. The van der Waals surface area contributed by atoms with E-state index in [1.807, 2.05) is 68.4 Å². The summed E-state index contributed by atoms with van der Waals surface area (Å²) < 4.78 is 17.3. The minimum absolute atomic E-state index is 0.185. The molecule has 1 heterocycles. The number of para-hydroxylation sites is 2. The minimum Gasteiger partial charge on any atom is -0.496 e. The van der Waals surface area contributed by atoms with Crippen LogP contribution in [0.1, 0.15) is 30.5 Å². The fraction of sp³-hybridized carbons (Fsp3) is 0.207. The summed E-state index contributed by atoms with van der Waals surface area (Å²) in [5, 5.41) is 3.94. The van der Waals surface area contributed by atoms with Crippen LogP contribution in [0.4, 0.5) is 5.69 Å². The molecule has 0 fully saturated rings. The van der Waals surface area contributed by atoms with Gasteiger partial charge < -0.3 is 19.2 Å². The van der Waals surface area contributed by atoms with Crippen LogP contribution in [0.3, 0.4) is 0 Å². The molecule has 0 unspecified atom stereocenters. The second-order valence-corrected chi connectivity index (χ2v) is 8.14. The summed E-state index contributed by atoms with van der Waals surface area (Å²) in [6.45, 7) is 5.95. The Bertz CT molecular complexity index is 1380. The first-order chi connectivity index (χ1) is 16.5. The van der Waals surface area contributed by atoms with Gasteiger partial charge in [0.15, 0.2) is 0 Å². The van der Waals surface area contributed by atoms with E-state index in [0.717, 1.165) is 62.2 Å². The molecular formula is C29H29NO4. The highest BCUT2D eigenvalue weighted by molar-refractivity contribution is 6.06. The average Bonchev–Trinajstić information content (AvgIpc) is 3.28. The molecule has 34 heavy (non-hydrogen) atoms.